The van der Waals surface area contributed by atoms with Crippen LogP contribution in [-0.4, -0.2) is 40.3 Å². The highest BCUT2D eigenvalue weighted by Crippen LogP contribution is 2.34. The van der Waals surface area contributed by atoms with Crippen molar-refractivity contribution in [3.8, 4) is 0 Å². The SMILES string of the molecule is O=C(c1ccc(F)cc1)N1N=C(C(F)F)C[C@@]1(O)C(F)F. The maximum atomic E-state index is 12.9. The molecule has 0 unspecified atom stereocenters. The first kappa shape index (κ1) is 15.4. The summed E-state index contributed by atoms with van der Waals surface area (Å²) in [4.78, 5) is 12.0. The number of halogens is 5. The largest absolute Gasteiger partial charge is 0.364 e. The van der Waals surface area contributed by atoms with E-state index in [-0.39, 0.29) is 10.6 Å². The van der Waals surface area contributed by atoms with E-state index in [1.54, 1.807) is 0 Å². The number of rotatable bonds is 3. The molecule has 21 heavy (non-hydrogen) atoms. The number of hydrogen-bond donors (Lipinski definition) is 1. The highest BCUT2D eigenvalue weighted by Gasteiger charge is 2.53. The number of aliphatic hydroxyl groups is 1. The fourth-order valence-electron chi connectivity index (χ4n) is 1.82. The number of alkyl halides is 4. The van der Waals surface area contributed by atoms with Gasteiger partial charge in [0.15, 0.2) is 0 Å². The van der Waals surface area contributed by atoms with Crippen molar-refractivity contribution in [3.63, 3.8) is 0 Å². The summed E-state index contributed by atoms with van der Waals surface area (Å²) in [5.74, 6) is -1.90. The van der Waals surface area contributed by atoms with E-state index in [1.807, 2.05) is 0 Å². The van der Waals surface area contributed by atoms with Crippen LogP contribution in [0.15, 0.2) is 29.4 Å². The van der Waals surface area contributed by atoms with Gasteiger partial charge in [0.05, 0.1) is 0 Å². The molecule has 2 rings (SSSR count). The van der Waals surface area contributed by atoms with E-state index in [0.29, 0.717) is 0 Å². The summed E-state index contributed by atoms with van der Waals surface area (Å²) in [5.41, 5.74) is -4.43. The molecule has 0 bridgehead atoms. The minimum Gasteiger partial charge on any atom is -0.364 e. The predicted molar refractivity (Wildman–Crippen MR) is 61.6 cm³/mol. The Morgan fingerprint density at radius 3 is 2.29 bits per heavy atom. The Hall–Kier alpha value is -2.03. The Labute approximate surface area is 115 Å². The molecule has 0 saturated carbocycles. The zero-order valence-corrected chi connectivity index (χ0v) is 10.3. The van der Waals surface area contributed by atoms with Gasteiger partial charge in [-0.3, -0.25) is 4.79 Å². The third-order valence-electron chi connectivity index (χ3n) is 2.92. The molecule has 1 aromatic carbocycles. The lowest BCUT2D eigenvalue weighted by atomic mass is 10.1. The highest BCUT2D eigenvalue weighted by atomic mass is 19.3. The van der Waals surface area contributed by atoms with Crippen LogP contribution in [0.2, 0.25) is 0 Å². The van der Waals surface area contributed by atoms with Gasteiger partial charge in [0, 0.05) is 12.0 Å². The van der Waals surface area contributed by atoms with Crippen molar-refractivity contribution in [2.45, 2.75) is 25.0 Å². The first-order chi connectivity index (χ1) is 9.75. The molecule has 1 N–H and O–H groups in total. The van der Waals surface area contributed by atoms with Crippen molar-refractivity contribution in [1.82, 2.24) is 5.01 Å². The van der Waals surface area contributed by atoms with Gasteiger partial charge in [0.2, 0.25) is 5.72 Å². The van der Waals surface area contributed by atoms with Crippen LogP contribution in [0.4, 0.5) is 22.0 Å². The van der Waals surface area contributed by atoms with Gasteiger partial charge < -0.3 is 5.11 Å². The molecule has 0 aromatic heterocycles. The van der Waals surface area contributed by atoms with Crippen molar-refractivity contribution in [2.75, 3.05) is 0 Å². The zero-order chi connectivity index (χ0) is 15.8. The molecule has 1 atom stereocenters. The summed E-state index contributed by atoms with van der Waals surface area (Å²) < 4.78 is 63.7. The van der Waals surface area contributed by atoms with Crippen LogP contribution < -0.4 is 0 Å². The van der Waals surface area contributed by atoms with E-state index in [2.05, 4.69) is 5.10 Å². The summed E-state index contributed by atoms with van der Waals surface area (Å²) in [6, 6.07) is 3.73. The van der Waals surface area contributed by atoms with Crippen LogP contribution in [0.25, 0.3) is 0 Å². The minimum atomic E-state index is -3.50. The minimum absolute atomic E-state index is 0.0770. The molecular weight excluding hydrogens is 299 g/mol. The molecule has 1 amide bonds. The first-order valence-electron chi connectivity index (χ1n) is 5.72. The number of benzene rings is 1. The van der Waals surface area contributed by atoms with E-state index in [4.69, 9.17) is 0 Å². The number of nitrogens with zero attached hydrogens (tertiary/aromatic N) is 2. The van der Waals surface area contributed by atoms with Crippen LogP contribution in [-0.2, 0) is 0 Å². The summed E-state index contributed by atoms with van der Waals surface area (Å²) in [5, 5.41) is 12.8. The number of carbonyl (C=O) groups excluding carboxylic acids is 1. The number of hydrogen-bond acceptors (Lipinski definition) is 3. The Bertz CT molecular complexity index is 576. The Balaban J connectivity index is 2.38. The molecule has 1 aromatic rings. The van der Waals surface area contributed by atoms with E-state index < -0.39 is 42.4 Å². The van der Waals surface area contributed by atoms with E-state index in [9.17, 15) is 31.9 Å². The van der Waals surface area contributed by atoms with Crippen LogP contribution in [0.1, 0.15) is 16.8 Å². The second kappa shape index (κ2) is 5.40. The highest BCUT2D eigenvalue weighted by molar-refractivity contribution is 5.99. The lowest BCUT2D eigenvalue weighted by molar-refractivity contribution is -0.164. The summed E-state index contributed by atoms with van der Waals surface area (Å²) in [7, 11) is 0. The first-order valence-corrected chi connectivity index (χ1v) is 5.72. The fraction of sp³-hybridized carbons (Fsp3) is 0.333. The van der Waals surface area contributed by atoms with E-state index >= 15 is 0 Å². The average molecular weight is 308 g/mol. The van der Waals surface area contributed by atoms with Crippen LogP contribution in [0.3, 0.4) is 0 Å². The van der Waals surface area contributed by atoms with Gasteiger partial charge in [-0.15, -0.1) is 0 Å². The third-order valence-corrected chi connectivity index (χ3v) is 2.92. The van der Waals surface area contributed by atoms with E-state index in [0.717, 1.165) is 24.3 Å². The Morgan fingerprint density at radius 2 is 1.81 bits per heavy atom. The maximum absolute atomic E-state index is 12.9. The molecule has 0 spiro atoms. The van der Waals surface area contributed by atoms with Gasteiger partial charge in [-0.1, -0.05) is 0 Å². The lowest BCUT2D eigenvalue weighted by Crippen LogP contribution is -2.51. The molecule has 4 nitrogen and oxygen atoms in total. The molecule has 1 aliphatic heterocycles. The van der Waals surface area contributed by atoms with E-state index in [1.165, 1.54) is 0 Å². The van der Waals surface area contributed by atoms with Gasteiger partial charge in [-0.2, -0.15) is 10.1 Å². The third kappa shape index (κ3) is 2.73. The van der Waals surface area contributed by atoms with Gasteiger partial charge in [0.1, 0.15) is 11.5 Å². The monoisotopic (exact) mass is 308 g/mol. The molecule has 0 fully saturated rings. The van der Waals surface area contributed by atoms with Crippen molar-refractivity contribution in [3.05, 3.63) is 35.6 Å². The molecule has 0 saturated heterocycles. The maximum Gasteiger partial charge on any atom is 0.287 e. The van der Waals surface area contributed by atoms with Crippen molar-refractivity contribution in [1.29, 1.82) is 0 Å². The smallest absolute Gasteiger partial charge is 0.287 e. The second-order valence-corrected chi connectivity index (χ2v) is 4.37. The predicted octanol–water partition coefficient (Wildman–Crippen LogP) is 2.25. The quantitative estimate of drug-likeness (QED) is 0.871. The van der Waals surface area contributed by atoms with Crippen LogP contribution >= 0.6 is 0 Å². The van der Waals surface area contributed by atoms with Crippen molar-refractivity contribution < 1.29 is 31.9 Å². The molecule has 0 radical (unpaired) electrons. The standard InChI is InChI=1S/C12H9F5N2O2/c13-7-3-1-6(2-4-7)10(20)19-12(21,11(16)17)5-8(18-19)9(14)15/h1-4,9,11,21H,5H2/t12-/m1/s1. The normalized spacial score (nSPS) is 22.1. The molecule has 0 aliphatic carbocycles. The topological polar surface area (TPSA) is 52.9 Å². The van der Waals surface area contributed by atoms with Gasteiger partial charge in [-0.05, 0) is 24.3 Å². The zero-order valence-electron chi connectivity index (χ0n) is 10.3. The molecule has 1 aliphatic rings. The second-order valence-electron chi connectivity index (χ2n) is 4.37. The molecular formula is C12H9F5N2O2. The van der Waals surface area contributed by atoms with Crippen LogP contribution in [0, 0.1) is 5.82 Å². The van der Waals surface area contributed by atoms with Crippen LogP contribution in [0.5, 0.6) is 0 Å². The number of carbonyl (C=O) groups is 1. The summed E-state index contributed by atoms with van der Waals surface area (Å²) in [6.45, 7) is 0. The Morgan fingerprint density at radius 1 is 1.24 bits per heavy atom. The van der Waals surface area contributed by atoms with Crippen molar-refractivity contribution >= 4 is 11.6 Å². The van der Waals surface area contributed by atoms with Gasteiger partial charge in [0.25, 0.3) is 18.8 Å². The molecule has 114 valence electrons. The molecule has 1 heterocycles. The number of amides is 1. The Kier molecular flexibility index (Phi) is 3.95. The summed E-state index contributed by atoms with van der Waals surface area (Å²) >= 11 is 0. The number of hydrazone groups is 1. The lowest BCUT2D eigenvalue weighted by Gasteiger charge is -2.29. The molecule has 9 heteroatoms. The fourth-order valence-corrected chi connectivity index (χ4v) is 1.82. The average Bonchev–Trinajstić information content (AvgIpc) is 2.78. The van der Waals surface area contributed by atoms with Crippen molar-refractivity contribution in [2.24, 2.45) is 5.10 Å². The summed E-state index contributed by atoms with van der Waals surface area (Å²) in [6.07, 6.45) is -7.84. The van der Waals surface area contributed by atoms with Gasteiger partial charge >= 0.3 is 0 Å². The van der Waals surface area contributed by atoms with Gasteiger partial charge in [-0.25, -0.2) is 22.0 Å².